The molecular formula is C28H30F4N6O3. The van der Waals surface area contributed by atoms with Crippen LogP contribution < -0.4 is 4.90 Å². The first kappa shape index (κ1) is 27.7. The summed E-state index contributed by atoms with van der Waals surface area (Å²) in [6.45, 7) is 3.24. The molecule has 0 saturated carbocycles. The van der Waals surface area contributed by atoms with Crippen molar-refractivity contribution in [3.63, 3.8) is 0 Å². The fourth-order valence-electron chi connectivity index (χ4n) is 5.83. The molecule has 41 heavy (non-hydrogen) atoms. The maximum Gasteiger partial charge on any atom is 0.314 e. The van der Waals surface area contributed by atoms with E-state index >= 15 is 4.39 Å². The number of alkyl halides is 3. The quantitative estimate of drug-likeness (QED) is 0.373. The summed E-state index contributed by atoms with van der Waals surface area (Å²) in [5.74, 6) is -2.25. The molecular weight excluding hydrogens is 544 g/mol. The smallest absolute Gasteiger partial charge is 0.314 e. The van der Waals surface area contributed by atoms with E-state index in [2.05, 4.69) is 20.1 Å². The first-order valence-electron chi connectivity index (χ1n) is 13.7. The highest BCUT2D eigenvalue weighted by molar-refractivity contribution is 6.00. The zero-order valence-corrected chi connectivity index (χ0v) is 22.3. The van der Waals surface area contributed by atoms with E-state index in [9.17, 15) is 18.0 Å². The highest BCUT2D eigenvalue weighted by Gasteiger charge is 2.54. The fourth-order valence-corrected chi connectivity index (χ4v) is 5.83. The van der Waals surface area contributed by atoms with E-state index in [1.54, 1.807) is 12.1 Å². The molecule has 0 aliphatic carbocycles. The molecule has 2 aromatic heterocycles. The van der Waals surface area contributed by atoms with Gasteiger partial charge in [0.25, 0.3) is 11.8 Å². The Morgan fingerprint density at radius 1 is 1.07 bits per heavy atom. The number of likely N-dealkylation sites (tertiary alicyclic amines) is 2. The van der Waals surface area contributed by atoms with Crippen molar-refractivity contribution in [2.24, 2.45) is 0 Å². The molecule has 3 aliphatic heterocycles. The number of carbonyl (C=O) groups is 1. The second-order valence-electron chi connectivity index (χ2n) is 10.8. The summed E-state index contributed by atoms with van der Waals surface area (Å²) in [4.78, 5) is 23.6. The highest BCUT2D eigenvalue weighted by atomic mass is 19.3. The maximum atomic E-state index is 16.1. The molecule has 1 atom stereocenters. The zero-order chi connectivity index (χ0) is 28.6. The molecule has 13 heteroatoms. The Bertz CT molecular complexity index is 1350. The fraction of sp³-hybridized carbons (Fsp3) is 0.500. The van der Waals surface area contributed by atoms with Gasteiger partial charge in [0.1, 0.15) is 5.82 Å². The molecule has 3 aliphatic rings. The van der Waals surface area contributed by atoms with Gasteiger partial charge in [-0.15, -0.1) is 10.2 Å². The third-order valence-electron chi connectivity index (χ3n) is 8.11. The molecule has 1 unspecified atom stereocenters. The summed E-state index contributed by atoms with van der Waals surface area (Å²) >= 11 is 0. The minimum atomic E-state index is -2.90. The molecule has 3 saturated heterocycles. The van der Waals surface area contributed by atoms with E-state index in [0.29, 0.717) is 17.3 Å². The third kappa shape index (κ3) is 5.84. The van der Waals surface area contributed by atoms with Crippen molar-refractivity contribution >= 4 is 11.6 Å². The van der Waals surface area contributed by atoms with Crippen LogP contribution in [0.2, 0.25) is 0 Å². The summed E-state index contributed by atoms with van der Waals surface area (Å²) in [6, 6.07) is 9.16. The first-order chi connectivity index (χ1) is 19.8. The Balaban J connectivity index is 1.13. The number of nitrogens with zero attached hydrogens (tertiary/aromatic N) is 6. The Hall–Kier alpha value is -3.42. The number of hydrogen-bond acceptors (Lipinski definition) is 8. The number of rotatable bonds is 8. The van der Waals surface area contributed by atoms with Gasteiger partial charge in [-0.05, 0) is 49.6 Å². The lowest BCUT2D eigenvalue weighted by atomic mass is 9.89. The van der Waals surface area contributed by atoms with Crippen LogP contribution in [0.5, 0.6) is 0 Å². The molecule has 1 amide bonds. The molecule has 6 rings (SSSR count). The van der Waals surface area contributed by atoms with Crippen molar-refractivity contribution in [1.29, 1.82) is 0 Å². The number of halogens is 4. The summed E-state index contributed by atoms with van der Waals surface area (Å²) in [5.41, 5.74) is -1.22. The number of carbonyl (C=O) groups excluding carboxylic acids is 1. The van der Waals surface area contributed by atoms with E-state index in [-0.39, 0.29) is 37.3 Å². The van der Waals surface area contributed by atoms with Crippen molar-refractivity contribution in [2.75, 3.05) is 44.3 Å². The number of pyridine rings is 1. The van der Waals surface area contributed by atoms with Gasteiger partial charge in [-0.3, -0.25) is 19.6 Å². The number of aromatic nitrogens is 3. The van der Waals surface area contributed by atoms with Gasteiger partial charge in [0.05, 0.1) is 24.4 Å². The standard InChI is InChI=1S/C28H30F4N6O3/c29-19-2-1-3-22(12-19)38(14-20-5-4-18(13-33-20)25-34-35-26(41-25)24(30)31)27(39)28(32)16-37(17-28)21-6-9-36(10-7-21)23-8-11-40-15-23/h1-5,12-13,21,23-24H,6-11,14-17H2. The monoisotopic (exact) mass is 574 g/mol. The van der Waals surface area contributed by atoms with Crippen LogP contribution in [0.15, 0.2) is 47.0 Å². The highest BCUT2D eigenvalue weighted by Crippen LogP contribution is 2.35. The molecule has 0 N–H and O–H groups in total. The van der Waals surface area contributed by atoms with Crippen LogP contribution in [0.25, 0.3) is 11.5 Å². The Morgan fingerprint density at radius 2 is 1.88 bits per heavy atom. The van der Waals surface area contributed by atoms with Gasteiger partial charge in [0, 0.05) is 56.8 Å². The van der Waals surface area contributed by atoms with Crippen molar-refractivity contribution in [3.05, 3.63) is 60.0 Å². The van der Waals surface area contributed by atoms with Gasteiger partial charge in [-0.25, -0.2) is 8.78 Å². The van der Waals surface area contributed by atoms with Crippen molar-refractivity contribution < 1.29 is 31.5 Å². The van der Waals surface area contributed by atoms with Crippen LogP contribution in [-0.4, -0.2) is 88.0 Å². The summed E-state index contributed by atoms with van der Waals surface area (Å²) < 4.78 is 66.2. The van der Waals surface area contributed by atoms with E-state index in [1.807, 2.05) is 4.90 Å². The minimum absolute atomic E-state index is 0.0230. The Labute approximate surface area is 234 Å². The number of piperidine rings is 1. The number of amides is 1. The first-order valence-corrected chi connectivity index (χ1v) is 13.7. The number of hydrogen-bond donors (Lipinski definition) is 0. The minimum Gasteiger partial charge on any atom is -0.415 e. The van der Waals surface area contributed by atoms with Gasteiger partial charge in [0.15, 0.2) is 0 Å². The van der Waals surface area contributed by atoms with Crippen LogP contribution in [-0.2, 0) is 16.1 Å². The molecule has 3 aromatic rings. The molecule has 0 bridgehead atoms. The van der Waals surface area contributed by atoms with E-state index in [4.69, 9.17) is 9.15 Å². The largest absolute Gasteiger partial charge is 0.415 e. The Kier molecular flexibility index (Phi) is 7.75. The lowest BCUT2D eigenvalue weighted by molar-refractivity contribution is -0.146. The average Bonchev–Trinajstić information content (AvgIpc) is 3.68. The lowest BCUT2D eigenvalue weighted by Crippen LogP contribution is -2.69. The van der Waals surface area contributed by atoms with Crippen LogP contribution in [0.1, 0.15) is 37.3 Å². The molecule has 0 spiro atoms. The third-order valence-corrected chi connectivity index (χ3v) is 8.11. The van der Waals surface area contributed by atoms with Crippen LogP contribution in [0, 0.1) is 5.82 Å². The van der Waals surface area contributed by atoms with Crippen molar-refractivity contribution in [2.45, 2.75) is 50.0 Å². The predicted octanol–water partition coefficient (Wildman–Crippen LogP) is 4.02. The normalized spacial score (nSPS) is 21.7. The number of benzene rings is 1. The second kappa shape index (κ2) is 11.5. The van der Waals surface area contributed by atoms with Crippen LogP contribution in [0.4, 0.5) is 23.2 Å². The van der Waals surface area contributed by atoms with Gasteiger partial charge in [-0.2, -0.15) is 8.78 Å². The molecule has 218 valence electrons. The van der Waals surface area contributed by atoms with Gasteiger partial charge < -0.3 is 14.1 Å². The summed E-state index contributed by atoms with van der Waals surface area (Å²) in [6.07, 6.45) is 1.30. The van der Waals surface area contributed by atoms with Crippen LogP contribution in [0.3, 0.4) is 0 Å². The summed E-state index contributed by atoms with van der Waals surface area (Å²) in [7, 11) is 0. The molecule has 9 nitrogen and oxygen atoms in total. The van der Waals surface area contributed by atoms with E-state index in [1.165, 1.54) is 35.4 Å². The van der Waals surface area contributed by atoms with Gasteiger partial charge in [-0.1, -0.05) is 6.07 Å². The molecule has 1 aromatic carbocycles. The van der Waals surface area contributed by atoms with E-state index < -0.39 is 29.7 Å². The topological polar surface area (TPSA) is 87.8 Å². The van der Waals surface area contributed by atoms with Gasteiger partial charge >= 0.3 is 6.43 Å². The Morgan fingerprint density at radius 3 is 2.51 bits per heavy atom. The molecule has 5 heterocycles. The second-order valence-corrected chi connectivity index (χ2v) is 10.8. The molecule has 0 radical (unpaired) electrons. The zero-order valence-electron chi connectivity index (χ0n) is 22.3. The molecule has 3 fully saturated rings. The van der Waals surface area contributed by atoms with Gasteiger partial charge in [0.2, 0.25) is 11.6 Å². The number of anilines is 1. The lowest BCUT2D eigenvalue weighted by Gasteiger charge is -2.50. The number of ether oxygens (including phenoxy) is 1. The van der Waals surface area contributed by atoms with Crippen molar-refractivity contribution in [1.82, 2.24) is 25.0 Å². The average molecular weight is 575 g/mol. The van der Waals surface area contributed by atoms with E-state index in [0.717, 1.165) is 45.6 Å². The van der Waals surface area contributed by atoms with Crippen molar-refractivity contribution in [3.8, 4) is 11.5 Å². The SMILES string of the molecule is O=C(N(Cc1ccc(-c2nnc(C(F)F)o2)cn1)c1cccc(F)c1)C1(F)CN(C2CCN(C3CCOC3)CC2)C1. The van der Waals surface area contributed by atoms with Crippen LogP contribution >= 0.6 is 0 Å². The maximum absolute atomic E-state index is 16.1. The summed E-state index contributed by atoms with van der Waals surface area (Å²) in [5, 5.41) is 6.90. The predicted molar refractivity (Wildman–Crippen MR) is 139 cm³/mol.